The monoisotopic (exact) mass is 288 g/mol. The van der Waals surface area contributed by atoms with E-state index in [1.165, 1.54) is 25.7 Å². The number of amides is 2. The van der Waals surface area contributed by atoms with Crippen molar-refractivity contribution in [3.05, 3.63) is 23.8 Å². The molecular weight excluding hydrogens is 264 g/mol. The van der Waals surface area contributed by atoms with Crippen LogP contribution < -0.4 is 10.6 Å². The molecule has 0 atom stereocenters. The fourth-order valence-corrected chi connectivity index (χ4v) is 2.76. The molecule has 1 aliphatic carbocycles. The lowest BCUT2D eigenvalue weighted by Crippen LogP contribution is -2.16. The Labute approximate surface area is 126 Å². The van der Waals surface area contributed by atoms with Crippen LogP contribution in [-0.2, 0) is 9.59 Å². The molecule has 0 unspecified atom stereocenters. The minimum atomic E-state index is -0.0208. The van der Waals surface area contributed by atoms with Crippen LogP contribution in [0, 0.1) is 12.8 Å². The Morgan fingerprint density at radius 3 is 2.52 bits per heavy atom. The Hall–Kier alpha value is -1.84. The van der Waals surface area contributed by atoms with Crippen LogP contribution in [0.15, 0.2) is 18.2 Å². The topological polar surface area (TPSA) is 58.2 Å². The van der Waals surface area contributed by atoms with Crippen LogP contribution in [0.4, 0.5) is 11.4 Å². The number of carbonyl (C=O) groups is 2. The van der Waals surface area contributed by atoms with Crippen LogP contribution in [0.1, 0.15) is 51.0 Å². The zero-order chi connectivity index (χ0) is 15.2. The first-order valence-corrected chi connectivity index (χ1v) is 7.79. The van der Waals surface area contributed by atoms with Gasteiger partial charge in [-0.1, -0.05) is 25.8 Å². The number of hydrogen-bond donors (Lipinski definition) is 2. The second-order valence-corrected chi connectivity index (χ2v) is 5.83. The summed E-state index contributed by atoms with van der Waals surface area (Å²) in [5.41, 5.74) is 2.50. The molecule has 2 amide bonds. The predicted molar refractivity (Wildman–Crippen MR) is 85.3 cm³/mol. The molecule has 0 aromatic heterocycles. The lowest BCUT2D eigenvalue weighted by Gasteiger charge is -2.12. The molecule has 0 spiro atoms. The second kappa shape index (κ2) is 7.25. The van der Waals surface area contributed by atoms with Crippen molar-refractivity contribution in [2.45, 2.75) is 52.4 Å². The highest BCUT2D eigenvalue weighted by atomic mass is 16.2. The lowest BCUT2D eigenvalue weighted by atomic mass is 10.0. The highest BCUT2D eigenvalue weighted by Crippen LogP contribution is 2.28. The Bertz CT molecular complexity index is 520. The van der Waals surface area contributed by atoms with E-state index in [9.17, 15) is 9.59 Å². The maximum Gasteiger partial charge on any atom is 0.224 e. The van der Waals surface area contributed by atoms with Crippen molar-refractivity contribution in [3.63, 3.8) is 0 Å². The molecule has 1 aromatic rings. The fourth-order valence-electron chi connectivity index (χ4n) is 2.76. The molecule has 0 saturated heterocycles. The van der Waals surface area contributed by atoms with Crippen molar-refractivity contribution in [1.29, 1.82) is 0 Å². The van der Waals surface area contributed by atoms with Crippen LogP contribution in [0.5, 0.6) is 0 Å². The molecule has 1 saturated carbocycles. The third-order valence-electron chi connectivity index (χ3n) is 4.07. The van der Waals surface area contributed by atoms with Gasteiger partial charge < -0.3 is 10.6 Å². The summed E-state index contributed by atoms with van der Waals surface area (Å²) in [7, 11) is 0. The van der Waals surface area contributed by atoms with Crippen LogP contribution in [0.2, 0.25) is 0 Å². The van der Waals surface area contributed by atoms with Crippen molar-refractivity contribution in [1.82, 2.24) is 0 Å². The van der Waals surface area contributed by atoms with E-state index in [0.717, 1.165) is 16.9 Å². The van der Waals surface area contributed by atoms with Gasteiger partial charge in [-0.15, -0.1) is 0 Å². The van der Waals surface area contributed by atoms with Gasteiger partial charge in [0.1, 0.15) is 0 Å². The van der Waals surface area contributed by atoms with Crippen molar-refractivity contribution in [2.75, 3.05) is 10.6 Å². The van der Waals surface area contributed by atoms with E-state index in [4.69, 9.17) is 0 Å². The third kappa shape index (κ3) is 4.59. The first-order valence-electron chi connectivity index (χ1n) is 7.79. The molecule has 21 heavy (non-hydrogen) atoms. The van der Waals surface area contributed by atoms with Gasteiger partial charge in [0, 0.05) is 24.2 Å². The molecule has 2 rings (SSSR count). The van der Waals surface area contributed by atoms with Gasteiger partial charge in [-0.2, -0.15) is 0 Å². The molecule has 1 aromatic carbocycles. The minimum Gasteiger partial charge on any atom is -0.326 e. The second-order valence-electron chi connectivity index (χ2n) is 5.83. The zero-order valence-corrected chi connectivity index (χ0v) is 12.9. The van der Waals surface area contributed by atoms with Gasteiger partial charge in [-0.05, 0) is 43.4 Å². The number of hydrogen-bond acceptors (Lipinski definition) is 2. The summed E-state index contributed by atoms with van der Waals surface area (Å²) in [4.78, 5) is 23.5. The van der Waals surface area contributed by atoms with Gasteiger partial charge in [0.25, 0.3) is 0 Å². The fraction of sp³-hybridized carbons (Fsp3) is 0.529. The normalized spacial score (nSPS) is 15.0. The van der Waals surface area contributed by atoms with Crippen molar-refractivity contribution < 1.29 is 9.59 Å². The Morgan fingerprint density at radius 1 is 1.14 bits per heavy atom. The SMILES string of the molecule is CCC(=O)Nc1cc(NC(=O)CC2CCCC2)ccc1C. The third-order valence-corrected chi connectivity index (χ3v) is 4.07. The van der Waals surface area contributed by atoms with Gasteiger partial charge >= 0.3 is 0 Å². The van der Waals surface area contributed by atoms with E-state index >= 15 is 0 Å². The van der Waals surface area contributed by atoms with Crippen LogP contribution in [0.3, 0.4) is 0 Å². The largest absolute Gasteiger partial charge is 0.326 e. The highest BCUT2D eigenvalue weighted by molar-refractivity contribution is 5.94. The molecule has 114 valence electrons. The Kier molecular flexibility index (Phi) is 5.37. The van der Waals surface area contributed by atoms with E-state index in [1.54, 1.807) is 0 Å². The molecule has 0 heterocycles. The standard InChI is InChI=1S/C17H24N2O2/c1-3-16(20)19-15-11-14(9-8-12(15)2)18-17(21)10-13-6-4-5-7-13/h8-9,11,13H,3-7,10H2,1-2H3,(H,18,21)(H,19,20). The van der Waals surface area contributed by atoms with Gasteiger partial charge in [-0.25, -0.2) is 0 Å². The summed E-state index contributed by atoms with van der Waals surface area (Å²) in [6.07, 6.45) is 5.87. The Morgan fingerprint density at radius 2 is 1.86 bits per heavy atom. The molecule has 0 bridgehead atoms. The average molecular weight is 288 g/mol. The molecule has 1 fully saturated rings. The molecule has 2 N–H and O–H groups in total. The molecule has 0 aliphatic heterocycles. The number of aryl methyl sites for hydroxylation is 1. The van der Waals surface area contributed by atoms with E-state index < -0.39 is 0 Å². The van der Waals surface area contributed by atoms with Gasteiger partial charge in [-0.3, -0.25) is 9.59 Å². The number of anilines is 2. The predicted octanol–water partition coefficient (Wildman–Crippen LogP) is 3.86. The lowest BCUT2D eigenvalue weighted by molar-refractivity contribution is -0.117. The van der Waals surface area contributed by atoms with Crippen molar-refractivity contribution >= 4 is 23.2 Å². The van der Waals surface area contributed by atoms with Crippen molar-refractivity contribution in [3.8, 4) is 0 Å². The molecule has 4 nitrogen and oxygen atoms in total. The first kappa shape index (κ1) is 15.5. The first-order chi connectivity index (χ1) is 10.1. The molecule has 1 aliphatic rings. The summed E-state index contributed by atoms with van der Waals surface area (Å²) >= 11 is 0. The van der Waals surface area contributed by atoms with Crippen LogP contribution in [-0.4, -0.2) is 11.8 Å². The van der Waals surface area contributed by atoms with Crippen LogP contribution >= 0.6 is 0 Å². The van der Waals surface area contributed by atoms with E-state index in [0.29, 0.717) is 18.8 Å². The quantitative estimate of drug-likeness (QED) is 0.864. The summed E-state index contributed by atoms with van der Waals surface area (Å²) in [5, 5.41) is 5.79. The summed E-state index contributed by atoms with van der Waals surface area (Å²) in [5.74, 6) is 0.584. The summed E-state index contributed by atoms with van der Waals surface area (Å²) < 4.78 is 0. The smallest absolute Gasteiger partial charge is 0.224 e. The number of carbonyl (C=O) groups excluding carboxylic acids is 2. The average Bonchev–Trinajstić information content (AvgIpc) is 2.95. The van der Waals surface area contributed by atoms with E-state index in [1.807, 2.05) is 32.0 Å². The van der Waals surface area contributed by atoms with Gasteiger partial charge in [0.2, 0.25) is 11.8 Å². The number of nitrogens with one attached hydrogen (secondary N) is 2. The van der Waals surface area contributed by atoms with Gasteiger partial charge in [0.05, 0.1) is 0 Å². The van der Waals surface area contributed by atoms with E-state index in [-0.39, 0.29) is 11.8 Å². The number of rotatable bonds is 5. The van der Waals surface area contributed by atoms with Gasteiger partial charge in [0.15, 0.2) is 0 Å². The van der Waals surface area contributed by atoms with Crippen molar-refractivity contribution in [2.24, 2.45) is 5.92 Å². The highest BCUT2D eigenvalue weighted by Gasteiger charge is 2.18. The molecule has 0 radical (unpaired) electrons. The maximum absolute atomic E-state index is 12.0. The van der Waals surface area contributed by atoms with Crippen LogP contribution in [0.25, 0.3) is 0 Å². The summed E-state index contributed by atoms with van der Waals surface area (Å²) in [6.45, 7) is 3.76. The van der Waals surface area contributed by atoms with E-state index in [2.05, 4.69) is 10.6 Å². The maximum atomic E-state index is 12.0. The molecule has 4 heteroatoms. The summed E-state index contributed by atoms with van der Waals surface area (Å²) in [6, 6.07) is 5.62. The number of benzene rings is 1. The molecular formula is C17H24N2O2. The minimum absolute atomic E-state index is 0.0208. The zero-order valence-electron chi connectivity index (χ0n) is 12.9. The Balaban J connectivity index is 1.97.